The Hall–Kier alpha value is -0.870. The zero-order valence-corrected chi connectivity index (χ0v) is 13.2. The molecule has 1 aromatic heterocycles. The molecule has 1 atom stereocenters. The summed E-state index contributed by atoms with van der Waals surface area (Å²) in [6.07, 6.45) is 0.849. The van der Waals surface area contributed by atoms with Gasteiger partial charge < -0.3 is 11.1 Å². The Morgan fingerprint density at radius 1 is 1.47 bits per heavy atom. The predicted octanol–water partition coefficient (Wildman–Crippen LogP) is 2.76. The van der Waals surface area contributed by atoms with Crippen LogP contribution in [0.15, 0.2) is 17.5 Å². The van der Waals surface area contributed by atoms with Crippen LogP contribution in [-0.2, 0) is 10.2 Å². The molecule has 0 fully saturated rings. The number of carbonyl (C=O) groups excluding carboxylic acids is 1. The highest BCUT2D eigenvalue weighted by atomic mass is 32.1. The fourth-order valence-corrected chi connectivity index (χ4v) is 2.93. The lowest BCUT2D eigenvalue weighted by Gasteiger charge is -2.25. The number of carbonyl (C=O) groups is 1. The summed E-state index contributed by atoms with van der Waals surface area (Å²) in [6.45, 7) is 9.61. The average Bonchev–Trinajstić information content (AvgIpc) is 2.87. The minimum absolute atomic E-state index is 0.0270. The fourth-order valence-electron chi connectivity index (χ4n) is 2.08. The van der Waals surface area contributed by atoms with Gasteiger partial charge in [0.1, 0.15) is 0 Å². The van der Waals surface area contributed by atoms with Crippen LogP contribution < -0.4 is 11.1 Å². The average molecular weight is 282 g/mol. The van der Waals surface area contributed by atoms with Gasteiger partial charge in [0.15, 0.2) is 0 Å². The van der Waals surface area contributed by atoms with Crippen LogP contribution in [0.3, 0.4) is 0 Å². The Morgan fingerprint density at radius 3 is 2.63 bits per heavy atom. The van der Waals surface area contributed by atoms with E-state index in [-0.39, 0.29) is 17.2 Å². The van der Waals surface area contributed by atoms with Gasteiger partial charge in [0.25, 0.3) is 0 Å². The summed E-state index contributed by atoms with van der Waals surface area (Å²) < 4.78 is 0. The number of hydrogen-bond donors (Lipinski definition) is 2. The largest absolute Gasteiger partial charge is 0.355 e. The molecule has 3 nitrogen and oxygen atoms in total. The molecule has 0 radical (unpaired) electrons. The Balaban J connectivity index is 2.53. The first-order valence-electron chi connectivity index (χ1n) is 6.88. The zero-order valence-electron chi connectivity index (χ0n) is 12.4. The van der Waals surface area contributed by atoms with Crippen molar-refractivity contribution in [1.29, 1.82) is 0 Å². The van der Waals surface area contributed by atoms with Gasteiger partial charge in [0.2, 0.25) is 5.91 Å². The van der Waals surface area contributed by atoms with Crippen molar-refractivity contribution < 1.29 is 4.79 Å². The van der Waals surface area contributed by atoms with Crippen molar-refractivity contribution in [3.63, 3.8) is 0 Å². The summed E-state index contributed by atoms with van der Waals surface area (Å²) in [5.41, 5.74) is 5.67. The molecule has 1 rings (SSSR count). The van der Waals surface area contributed by atoms with E-state index in [1.54, 1.807) is 11.3 Å². The highest BCUT2D eigenvalue weighted by Crippen LogP contribution is 2.26. The van der Waals surface area contributed by atoms with Gasteiger partial charge in [-0.15, -0.1) is 11.3 Å². The maximum Gasteiger partial charge on any atom is 0.224 e. The number of nitrogens with two attached hydrogens (primary N) is 1. The Kier molecular flexibility index (Phi) is 6.01. The second kappa shape index (κ2) is 7.06. The number of amides is 1. The molecule has 4 heteroatoms. The van der Waals surface area contributed by atoms with E-state index >= 15 is 0 Å². The molecule has 0 aliphatic carbocycles. The van der Waals surface area contributed by atoms with Crippen molar-refractivity contribution in [2.75, 3.05) is 13.1 Å². The molecule has 19 heavy (non-hydrogen) atoms. The number of nitrogens with one attached hydrogen (secondary N) is 1. The van der Waals surface area contributed by atoms with Crippen molar-refractivity contribution in [2.45, 2.75) is 39.5 Å². The summed E-state index contributed by atoms with van der Waals surface area (Å²) in [7, 11) is 0. The summed E-state index contributed by atoms with van der Waals surface area (Å²) in [6, 6.07) is 4.16. The molecule has 0 bridgehead atoms. The minimum atomic E-state index is -0.0702. The van der Waals surface area contributed by atoms with Crippen molar-refractivity contribution in [2.24, 2.45) is 17.6 Å². The lowest BCUT2D eigenvalue weighted by molar-refractivity contribution is -0.125. The van der Waals surface area contributed by atoms with Gasteiger partial charge in [0.05, 0.1) is 5.92 Å². The third-order valence-corrected chi connectivity index (χ3v) is 4.54. The second-order valence-electron chi connectivity index (χ2n) is 6.14. The van der Waals surface area contributed by atoms with E-state index in [1.807, 2.05) is 6.07 Å². The third kappa shape index (κ3) is 4.96. The highest BCUT2D eigenvalue weighted by molar-refractivity contribution is 7.10. The molecule has 0 saturated heterocycles. The molecule has 1 heterocycles. The van der Waals surface area contributed by atoms with Gasteiger partial charge in [-0.25, -0.2) is 0 Å². The maximum absolute atomic E-state index is 12.1. The standard InChI is InChI=1S/C15H26N2OS/c1-11(2)8-12(9-16)14(18)17-10-15(3,4)13-6-5-7-19-13/h5-7,11-12H,8-10,16H2,1-4H3,(H,17,18). The lowest BCUT2D eigenvalue weighted by Crippen LogP contribution is -2.41. The Morgan fingerprint density at radius 2 is 2.16 bits per heavy atom. The summed E-state index contributed by atoms with van der Waals surface area (Å²) in [5, 5.41) is 5.13. The molecule has 0 saturated carbocycles. The van der Waals surface area contributed by atoms with Crippen molar-refractivity contribution in [3.8, 4) is 0 Å². The van der Waals surface area contributed by atoms with E-state index in [0.29, 0.717) is 19.0 Å². The SMILES string of the molecule is CC(C)CC(CN)C(=O)NCC(C)(C)c1cccs1. The monoisotopic (exact) mass is 282 g/mol. The normalized spacial score (nSPS) is 13.6. The number of rotatable bonds is 7. The van der Waals surface area contributed by atoms with E-state index in [0.717, 1.165) is 6.42 Å². The molecule has 0 aliphatic rings. The molecule has 3 N–H and O–H groups in total. The van der Waals surface area contributed by atoms with Gasteiger partial charge in [-0.3, -0.25) is 4.79 Å². The summed E-state index contributed by atoms with van der Waals surface area (Å²) >= 11 is 1.73. The van der Waals surface area contributed by atoms with Crippen LogP contribution in [0.1, 0.15) is 39.0 Å². The molecule has 1 aromatic rings. The predicted molar refractivity (Wildman–Crippen MR) is 82.4 cm³/mol. The molecule has 108 valence electrons. The first-order chi connectivity index (χ1) is 8.86. The molecular weight excluding hydrogens is 256 g/mol. The molecule has 1 unspecified atom stereocenters. The van der Waals surface area contributed by atoms with Gasteiger partial charge >= 0.3 is 0 Å². The topological polar surface area (TPSA) is 55.1 Å². The van der Waals surface area contributed by atoms with Gasteiger partial charge in [-0.05, 0) is 23.8 Å². The molecule has 1 amide bonds. The van der Waals surface area contributed by atoms with Crippen LogP contribution in [0.4, 0.5) is 0 Å². The van der Waals surface area contributed by atoms with Crippen LogP contribution in [0, 0.1) is 11.8 Å². The van der Waals surface area contributed by atoms with Gasteiger partial charge in [-0.1, -0.05) is 33.8 Å². The molecular formula is C15H26N2OS. The van der Waals surface area contributed by atoms with E-state index in [2.05, 4.69) is 44.5 Å². The van der Waals surface area contributed by atoms with Crippen LogP contribution in [0.5, 0.6) is 0 Å². The van der Waals surface area contributed by atoms with Crippen LogP contribution in [-0.4, -0.2) is 19.0 Å². The third-order valence-electron chi connectivity index (χ3n) is 3.30. The highest BCUT2D eigenvalue weighted by Gasteiger charge is 2.24. The first kappa shape index (κ1) is 16.2. The Bertz CT molecular complexity index is 385. The van der Waals surface area contributed by atoms with Crippen molar-refractivity contribution in [1.82, 2.24) is 5.32 Å². The lowest BCUT2D eigenvalue weighted by atomic mass is 9.90. The quantitative estimate of drug-likeness (QED) is 0.808. The van der Waals surface area contributed by atoms with E-state index in [4.69, 9.17) is 5.73 Å². The van der Waals surface area contributed by atoms with Gasteiger partial charge in [0, 0.05) is 23.4 Å². The minimum Gasteiger partial charge on any atom is -0.355 e. The number of hydrogen-bond acceptors (Lipinski definition) is 3. The van der Waals surface area contributed by atoms with Crippen molar-refractivity contribution >= 4 is 17.2 Å². The maximum atomic E-state index is 12.1. The molecule has 0 spiro atoms. The summed E-state index contributed by atoms with van der Waals surface area (Å²) in [4.78, 5) is 13.4. The van der Waals surface area contributed by atoms with Crippen LogP contribution in [0.2, 0.25) is 0 Å². The smallest absolute Gasteiger partial charge is 0.224 e. The molecule has 0 aromatic carbocycles. The number of thiophene rings is 1. The Labute approximate surface area is 120 Å². The van der Waals surface area contributed by atoms with E-state index in [1.165, 1.54) is 4.88 Å². The molecule has 0 aliphatic heterocycles. The first-order valence-corrected chi connectivity index (χ1v) is 7.76. The second-order valence-corrected chi connectivity index (χ2v) is 7.09. The van der Waals surface area contributed by atoms with E-state index in [9.17, 15) is 4.79 Å². The fraction of sp³-hybridized carbons (Fsp3) is 0.667. The van der Waals surface area contributed by atoms with Crippen LogP contribution >= 0.6 is 11.3 Å². The van der Waals surface area contributed by atoms with Gasteiger partial charge in [-0.2, -0.15) is 0 Å². The summed E-state index contributed by atoms with van der Waals surface area (Å²) in [5.74, 6) is 0.504. The van der Waals surface area contributed by atoms with Crippen LogP contribution in [0.25, 0.3) is 0 Å². The van der Waals surface area contributed by atoms with Crippen molar-refractivity contribution in [3.05, 3.63) is 22.4 Å². The zero-order chi connectivity index (χ0) is 14.5. The van der Waals surface area contributed by atoms with E-state index < -0.39 is 0 Å².